The summed E-state index contributed by atoms with van der Waals surface area (Å²) in [6.45, 7) is 3.25. The van der Waals surface area contributed by atoms with Crippen LogP contribution in [0.2, 0.25) is 0 Å². The summed E-state index contributed by atoms with van der Waals surface area (Å²) in [5.74, 6) is 0.799. The van der Waals surface area contributed by atoms with Gasteiger partial charge in [-0.15, -0.1) is 0 Å². The predicted octanol–water partition coefficient (Wildman–Crippen LogP) is 2.13. The number of fused-ring (bicyclic) bond motifs is 1. The van der Waals surface area contributed by atoms with Gasteiger partial charge in [0.25, 0.3) is 0 Å². The summed E-state index contributed by atoms with van der Waals surface area (Å²) in [5, 5.41) is 0. The maximum absolute atomic E-state index is 5.54. The lowest BCUT2D eigenvalue weighted by molar-refractivity contribution is 0.110. The predicted molar refractivity (Wildman–Crippen MR) is 40.8 cm³/mol. The number of hydrogen-bond donors (Lipinski definition) is 0. The fraction of sp³-hybridized carbons (Fsp3) is 0.778. The zero-order valence-corrected chi connectivity index (χ0v) is 6.47. The van der Waals surface area contributed by atoms with E-state index in [-0.39, 0.29) is 0 Å². The van der Waals surface area contributed by atoms with Crippen molar-refractivity contribution < 1.29 is 4.74 Å². The average molecular weight is 138 g/mol. The van der Waals surface area contributed by atoms with Crippen LogP contribution in [0.4, 0.5) is 0 Å². The minimum absolute atomic E-state index is 0.510. The third kappa shape index (κ3) is 0.988. The second kappa shape index (κ2) is 2.39. The van der Waals surface area contributed by atoms with Crippen molar-refractivity contribution in [1.82, 2.24) is 0 Å². The molecule has 0 saturated carbocycles. The molecule has 0 aromatic heterocycles. The summed E-state index contributed by atoms with van der Waals surface area (Å²) in [5.41, 5.74) is 1.57. The molecule has 2 rings (SSSR count). The molecular formula is C9H14O. The van der Waals surface area contributed by atoms with E-state index in [0.717, 1.165) is 12.5 Å². The van der Waals surface area contributed by atoms with Crippen LogP contribution in [0.25, 0.3) is 0 Å². The van der Waals surface area contributed by atoms with E-state index in [1.807, 2.05) is 0 Å². The van der Waals surface area contributed by atoms with Gasteiger partial charge in [-0.3, -0.25) is 0 Å². The third-order valence-electron chi connectivity index (χ3n) is 2.51. The lowest BCUT2D eigenvalue weighted by Crippen LogP contribution is -2.14. The Labute approximate surface area is 62.1 Å². The lowest BCUT2D eigenvalue weighted by Gasteiger charge is -2.20. The van der Waals surface area contributed by atoms with Crippen molar-refractivity contribution in [3.8, 4) is 0 Å². The smallest absolute Gasteiger partial charge is 0.0786 e. The highest BCUT2D eigenvalue weighted by Crippen LogP contribution is 2.31. The molecule has 2 atom stereocenters. The highest BCUT2D eigenvalue weighted by molar-refractivity contribution is 5.16. The van der Waals surface area contributed by atoms with Crippen LogP contribution < -0.4 is 0 Å². The van der Waals surface area contributed by atoms with Gasteiger partial charge >= 0.3 is 0 Å². The van der Waals surface area contributed by atoms with Crippen molar-refractivity contribution >= 4 is 0 Å². The fourth-order valence-electron chi connectivity index (χ4n) is 1.91. The molecule has 56 valence electrons. The van der Waals surface area contributed by atoms with Crippen LogP contribution in [0.5, 0.6) is 0 Å². The second-order valence-corrected chi connectivity index (χ2v) is 3.41. The molecule has 0 aromatic carbocycles. The van der Waals surface area contributed by atoms with Crippen molar-refractivity contribution in [1.29, 1.82) is 0 Å². The third-order valence-corrected chi connectivity index (χ3v) is 2.51. The topological polar surface area (TPSA) is 9.23 Å². The van der Waals surface area contributed by atoms with Gasteiger partial charge in [0.2, 0.25) is 0 Å². The van der Waals surface area contributed by atoms with Gasteiger partial charge in [-0.05, 0) is 30.8 Å². The van der Waals surface area contributed by atoms with E-state index in [1.54, 1.807) is 5.57 Å². The van der Waals surface area contributed by atoms with Crippen LogP contribution in [-0.2, 0) is 4.74 Å². The summed E-state index contributed by atoms with van der Waals surface area (Å²) < 4.78 is 5.54. The first-order chi connectivity index (χ1) is 4.86. The first-order valence-corrected chi connectivity index (χ1v) is 4.18. The molecule has 1 saturated heterocycles. The Kier molecular flexibility index (Phi) is 1.53. The van der Waals surface area contributed by atoms with Crippen LogP contribution in [0.3, 0.4) is 0 Å². The highest BCUT2D eigenvalue weighted by atomic mass is 16.5. The van der Waals surface area contributed by atoms with Gasteiger partial charge in [0.15, 0.2) is 0 Å². The first-order valence-electron chi connectivity index (χ1n) is 4.18. The van der Waals surface area contributed by atoms with Crippen LogP contribution in [-0.4, -0.2) is 12.7 Å². The summed E-state index contributed by atoms with van der Waals surface area (Å²) in [6, 6.07) is 0. The molecule has 2 aliphatic rings. The molecule has 1 nitrogen and oxygen atoms in total. The maximum Gasteiger partial charge on any atom is 0.0786 e. The van der Waals surface area contributed by atoms with Gasteiger partial charge < -0.3 is 4.74 Å². The van der Waals surface area contributed by atoms with Crippen molar-refractivity contribution in [3.63, 3.8) is 0 Å². The minimum atomic E-state index is 0.510. The minimum Gasteiger partial charge on any atom is -0.374 e. The molecule has 1 aliphatic carbocycles. The zero-order valence-electron chi connectivity index (χ0n) is 6.47. The summed E-state index contributed by atoms with van der Waals surface area (Å²) in [4.78, 5) is 0. The van der Waals surface area contributed by atoms with E-state index in [4.69, 9.17) is 4.74 Å². The molecule has 1 heterocycles. The van der Waals surface area contributed by atoms with E-state index in [9.17, 15) is 0 Å². The van der Waals surface area contributed by atoms with E-state index < -0.39 is 0 Å². The maximum atomic E-state index is 5.54. The number of rotatable bonds is 0. The molecule has 0 bridgehead atoms. The Bertz CT molecular complexity index is 160. The van der Waals surface area contributed by atoms with Gasteiger partial charge in [-0.1, -0.05) is 13.0 Å². The molecular weight excluding hydrogens is 124 g/mol. The van der Waals surface area contributed by atoms with Crippen molar-refractivity contribution in [2.75, 3.05) is 6.61 Å². The van der Waals surface area contributed by atoms with Gasteiger partial charge in [0.05, 0.1) is 12.7 Å². The highest BCUT2D eigenvalue weighted by Gasteiger charge is 2.25. The Morgan fingerprint density at radius 2 is 2.40 bits per heavy atom. The van der Waals surface area contributed by atoms with E-state index >= 15 is 0 Å². The Morgan fingerprint density at radius 1 is 1.50 bits per heavy atom. The Balaban J connectivity index is 2.16. The summed E-state index contributed by atoms with van der Waals surface area (Å²) >= 11 is 0. The molecule has 0 amide bonds. The van der Waals surface area contributed by atoms with E-state index in [2.05, 4.69) is 13.0 Å². The van der Waals surface area contributed by atoms with Crippen LogP contribution >= 0.6 is 0 Å². The van der Waals surface area contributed by atoms with E-state index in [0.29, 0.717) is 6.10 Å². The molecule has 1 fully saturated rings. The van der Waals surface area contributed by atoms with Gasteiger partial charge in [-0.25, -0.2) is 0 Å². The molecule has 0 N–H and O–H groups in total. The van der Waals surface area contributed by atoms with Crippen LogP contribution in [0, 0.1) is 5.92 Å². The normalized spacial score (nSPS) is 39.1. The molecule has 0 spiro atoms. The standard InChI is InChI=1S/C9H14O/c1-7-2-3-9-8(6-7)4-5-10-9/h6-7,9H,2-5H2,1H3. The fourth-order valence-corrected chi connectivity index (χ4v) is 1.91. The summed E-state index contributed by atoms with van der Waals surface area (Å²) in [7, 11) is 0. The van der Waals surface area contributed by atoms with Crippen molar-refractivity contribution in [3.05, 3.63) is 11.6 Å². The number of allylic oxidation sites excluding steroid dienone is 1. The number of ether oxygens (including phenoxy) is 1. The number of hydrogen-bond acceptors (Lipinski definition) is 1. The Hall–Kier alpha value is -0.300. The molecule has 10 heavy (non-hydrogen) atoms. The molecule has 1 heteroatoms. The van der Waals surface area contributed by atoms with Gasteiger partial charge in [0, 0.05) is 0 Å². The average Bonchev–Trinajstić information content (AvgIpc) is 2.33. The molecule has 2 unspecified atom stereocenters. The Morgan fingerprint density at radius 3 is 3.30 bits per heavy atom. The largest absolute Gasteiger partial charge is 0.374 e. The van der Waals surface area contributed by atoms with Gasteiger partial charge in [0.1, 0.15) is 0 Å². The van der Waals surface area contributed by atoms with Crippen LogP contribution in [0.1, 0.15) is 26.2 Å². The van der Waals surface area contributed by atoms with Crippen molar-refractivity contribution in [2.24, 2.45) is 5.92 Å². The second-order valence-electron chi connectivity index (χ2n) is 3.41. The SMILES string of the molecule is CC1C=C2CCOC2CC1. The van der Waals surface area contributed by atoms with Crippen LogP contribution in [0.15, 0.2) is 11.6 Å². The van der Waals surface area contributed by atoms with Gasteiger partial charge in [-0.2, -0.15) is 0 Å². The van der Waals surface area contributed by atoms with Crippen molar-refractivity contribution in [2.45, 2.75) is 32.3 Å². The lowest BCUT2D eigenvalue weighted by atomic mass is 9.90. The quantitative estimate of drug-likeness (QED) is 0.466. The molecule has 0 aromatic rings. The molecule has 0 radical (unpaired) electrons. The molecule has 1 aliphatic heterocycles. The zero-order chi connectivity index (χ0) is 6.97. The first kappa shape index (κ1) is 6.41. The summed E-state index contributed by atoms with van der Waals surface area (Å²) in [6.07, 6.45) is 6.67. The van der Waals surface area contributed by atoms with E-state index in [1.165, 1.54) is 19.3 Å². The monoisotopic (exact) mass is 138 g/mol.